The summed E-state index contributed by atoms with van der Waals surface area (Å²) in [7, 11) is 3.08. The van der Waals surface area contributed by atoms with Crippen molar-refractivity contribution in [3.63, 3.8) is 0 Å². The Morgan fingerprint density at radius 3 is 2.67 bits per heavy atom. The molecule has 0 atom stereocenters. The van der Waals surface area contributed by atoms with Gasteiger partial charge in [0.25, 0.3) is 11.4 Å². The van der Waals surface area contributed by atoms with Crippen molar-refractivity contribution in [1.29, 1.82) is 0 Å². The van der Waals surface area contributed by atoms with E-state index in [1.807, 2.05) is 13.0 Å². The first-order chi connectivity index (χ1) is 14.6. The summed E-state index contributed by atoms with van der Waals surface area (Å²) in [4.78, 5) is 17.6. The Hall–Kier alpha value is -3.81. The lowest BCUT2D eigenvalue weighted by atomic mass is 10.1. The molecular formula is C22H21N3O5. The molecule has 8 nitrogen and oxygen atoms in total. The van der Waals surface area contributed by atoms with Gasteiger partial charge >= 0.3 is 0 Å². The maximum atomic E-state index is 13.2. The largest absolute Gasteiger partial charge is 0.506 e. The molecule has 0 radical (unpaired) electrons. The van der Waals surface area contributed by atoms with Crippen LogP contribution in [0.25, 0.3) is 33.7 Å². The number of para-hydroxylation sites is 1. The molecule has 0 saturated carbocycles. The lowest BCUT2D eigenvalue weighted by molar-refractivity contribution is 0.402. The SMILES string of the molecule is CCCn1c(=O)c(-c2nc(-c3cc(OC)ccc3OC)no2)c(O)c2ccccc21. The number of aromatic hydroxyl groups is 1. The van der Waals surface area contributed by atoms with Crippen LogP contribution in [0, 0.1) is 0 Å². The van der Waals surface area contributed by atoms with Gasteiger partial charge < -0.3 is 23.7 Å². The standard InChI is InChI=1S/C22H21N3O5/c1-4-11-25-16-8-6-5-7-14(16)19(26)18(22(25)27)21-23-20(24-30-21)15-12-13(28-2)9-10-17(15)29-3/h5-10,12,26H,4,11H2,1-3H3. The second-order valence-electron chi connectivity index (χ2n) is 6.69. The van der Waals surface area contributed by atoms with E-state index in [1.165, 1.54) is 7.11 Å². The van der Waals surface area contributed by atoms with Gasteiger partial charge in [-0.2, -0.15) is 4.98 Å². The van der Waals surface area contributed by atoms with Gasteiger partial charge in [-0.25, -0.2) is 0 Å². The van der Waals surface area contributed by atoms with Crippen LogP contribution in [0.1, 0.15) is 13.3 Å². The van der Waals surface area contributed by atoms with Gasteiger partial charge in [0.1, 0.15) is 22.8 Å². The van der Waals surface area contributed by atoms with Crippen LogP contribution in [0.4, 0.5) is 0 Å². The topological polar surface area (TPSA) is 99.6 Å². The van der Waals surface area contributed by atoms with Crippen LogP contribution in [0.3, 0.4) is 0 Å². The van der Waals surface area contributed by atoms with E-state index in [0.29, 0.717) is 34.5 Å². The highest BCUT2D eigenvalue weighted by Gasteiger charge is 2.24. The molecule has 2 heterocycles. The molecule has 0 amide bonds. The first-order valence-electron chi connectivity index (χ1n) is 9.50. The minimum Gasteiger partial charge on any atom is -0.506 e. The minimum absolute atomic E-state index is 0.0252. The van der Waals surface area contributed by atoms with Gasteiger partial charge in [0.2, 0.25) is 5.82 Å². The number of fused-ring (bicyclic) bond motifs is 1. The zero-order valence-corrected chi connectivity index (χ0v) is 16.9. The highest BCUT2D eigenvalue weighted by Crippen LogP contribution is 2.36. The van der Waals surface area contributed by atoms with Crippen LogP contribution in [0.5, 0.6) is 17.2 Å². The van der Waals surface area contributed by atoms with Gasteiger partial charge in [0.05, 0.1) is 25.3 Å². The number of hydrogen-bond donors (Lipinski definition) is 1. The van der Waals surface area contributed by atoms with Crippen LogP contribution in [0.15, 0.2) is 51.8 Å². The summed E-state index contributed by atoms with van der Waals surface area (Å²) in [5.41, 5.74) is 0.782. The number of ether oxygens (including phenoxy) is 2. The van der Waals surface area contributed by atoms with Gasteiger partial charge in [-0.15, -0.1) is 0 Å². The van der Waals surface area contributed by atoms with Gasteiger partial charge in [0.15, 0.2) is 0 Å². The molecule has 0 aliphatic rings. The third kappa shape index (κ3) is 3.16. The summed E-state index contributed by atoms with van der Waals surface area (Å²) in [5, 5.41) is 15.4. The van der Waals surface area contributed by atoms with Crippen LogP contribution < -0.4 is 15.0 Å². The highest BCUT2D eigenvalue weighted by molar-refractivity contribution is 5.91. The van der Waals surface area contributed by atoms with Crippen LogP contribution in [-0.2, 0) is 6.54 Å². The van der Waals surface area contributed by atoms with Crippen molar-refractivity contribution in [2.75, 3.05) is 14.2 Å². The predicted octanol–water partition coefficient (Wildman–Crippen LogP) is 3.85. The molecule has 0 spiro atoms. The van der Waals surface area contributed by atoms with E-state index in [9.17, 15) is 9.90 Å². The molecule has 0 unspecified atom stereocenters. The number of aromatic nitrogens is 3. The normalized spacial score (nSPS) is 11.0. The third-order valence-corrected chi connectivity index (χ3v) is 4.88. The van der Waals surface area contributed by atoms with E-state index < -0.39 is 0 Å². The van der Waals surface area contributed by atoms with Crippen molar-refractivity contribution in [1.82, 2.24) is 14.7 Å². The number of methoxy groups -OCH3 is 2. The zero-order chi connectivity index (χ0) is 21.3. The Labute approximate surface area is 172 Å². The van der Waals surface area contributed by atoms with Crippen molar-refractivity contribution >= 4 is 10.9 Å². The van der Waals surface area contributed by atoms with E-state index in [2.05, 4.69) is 10.1 Å². The summed E-state index contributed by atoms with van der Waals surface area (Å²) in [6.45, 7) is 2.48. The smallest absolute Gasteiger partial charge is 0.267 e. The first kappa shape index (κ1) is 19.5. The van der Waals surface area contributed by atoms with Crippen LogP contribution in [-0.4, -0.2) is 34.0 Å². The van der Waals surface area contributed by atoms with Gasteiger partial charge in [-0.05, 0) is 36.8 Å². The Morgan fingerprint density at radius 2 is 1.93 bits per heavy atom. The van der Waals surface area contributed by atoms with E-state index in [4.69, 9.17) is 14.0 Å². The van der Waals surface area contributed by atoms with Crippen molar-refractivity contribution in [3.8, 4) is 40.1 Å². The summed E-state index contributed by atoms with van der Waals surface area (Å²) in [5.74, 6) is 1.09. The Bertz CT molecular complexity index is 1280. The molecule has 30 heavy (non-hydrogen) atoms. The summed E-state index contributed by atoms with van der Waals surface area (Å²) >= 11 is 0. The zero-order valence-electron chi connectivity index (χ0n) is 16.9. The average molecular weight is 407 g/mol. The van der Waals surface area contributed by atoms with E-state index in [-0.39, 0.29) is 28.6 Å². The van der Waals surface area contributed by atoms with Crippen molar-refractivity contribution in [3.05, 3.63) is 52.8 Å². The summed E-state index contributed by atoms with van der Waals surface area (Å²) < 4.78 is 17.6. The molecule has 2 aromatic carbocycles. The number of pyridine rings is 1. The van der Waals surface area contributed by atoms with Gasteiger partial charge in [-0.1, -0.05) is 24.2 Å². The second kappa shape index (κ2) is 7.90. The Balaban J connectivity index is 1.92. The highest BCUT2D eigenvalue weighted by atomic mass is 16.5. The number of aryl methyl sites for hydroxylation is 1. The first-order valence-corrected chi connectivity index (χ1v) is 9.50. The molecular weight excluding hydrogens is 386 g/mol. The van der Waals surface area contributed by atoms with E-state index >= 15 is 0 Å². The third-order valence-electron chi connectivity index (χ3n) is 4.88. The van der Waals surface area contributed by atoms with E-state index in [1.54, 1.807) is 48.1 Å². The fourth-order valence-corrected chi connectivity index (χ4v) is 3.45. The molecule has 0 fully saturated rings. The Morgan fingerprint density at radius 1 is 1.13 bits per heavy atom. The van der Waals surface area contributed by atoms with Crippen LogP contribution in [0.2, 0.25) is 0 Å². The van der Waals surface area contributed by atoms with Gasteiger partial charge in [-0.3, -0.25) is 4.79 Å². The average Bonchev–Trinajstić information content (AvgIpc) is 3.26. The lowest BCUT2D eigenvalue weighted by Gasteiger charge is -2.12. The number of hydrogen-bond acceptors (Lipinski definition) is 7. The maximum absolute atomic E-state index is 13.2. The predicted molar refractivity (Wildman–Crippen MR) is 112 cm³/mol. The minimum atomic E-state index is -0.388. The molecule has 0 aliphatic carbocycles. The molecule has 0 saturated heterocycles. The summed E-state index contributed by atoms with van der Waals surface area (Å²) in [6.07, 6.45) is 0.754. The second-order valence-corrected chi connectivity index (χ2v) is 6.69. The van der Waals surface area contributed by atoms with Crippen molar-refractivity contribution < 1.29 is 19.1 Å². The fourth-order valence-electron chi connectivity index (χ4n) is 3.45. The molecule has 4 rings (SSSR count). The monoisotopic (exact) mass is 407 g/mol. The maximum Gasteiger partial charge on any atom is 0.267 e. The lowest BCUT2D eigenvalue weighted by Crippen LogP contribution is -2.22. The fraction of sp³-hybridized carbons (Fsp3) is 0.227. The molecule has 0 bridgehead atoms. The molecule has 8 heteroatoms. The Kier molecular flexibility index (Phi) is 5.14. The molecule has 1 N–H and O–H groups in total. The molecule has 4 aromatic rings. The van der Waals surface area contributed by atoms with Crippen molar-refractivity contribution in [2.45, 2.75) is 19.9 Å². The summed E-state index contributed by atoms with van der Waals surface area (Å²) in [6, 6.07) is 12.4. The van der Waals surface area contributed by atoms with Crippen LogP contribution >= 0.6 is 0 Å². The molecule has 0 aliphatic heterocycles. The van der Waals surface area contributed by atoms with Crippen molar-refractivity contribution in [2.24, 2.45) is 0 Å². The number of benzene rings is 2. The number of nitrogens with zero attached hydrogens (tertiary/aromatic N) is 3. The molecule has 2 aromatic heterocycles. The van der Waals surface area contributed by atoms with E-state index in [0.717, 1.165) is 6.42 Å². The van der Waals surface area contributed by atoms with Gasteiger partial charge in [0, 0.05) is 11.9 Å². The molecule has 154 valence electrons. The quantitative estimate of drug-likeness (QED) is 0.518. The number of rotatable bonds is 6.